The van der Waals surface area contributed by atoms with Crippen LogP contribution in [0.5, 0.6) is 5.75 Å². The minimum Gasteiger partial charge on any atom is -0.494 e. The number of likely N-dealkylation sites (tertiary alicyclic amines) is 1. The van der Waals surface area contributed by atoms with E-state index in [4.69, 9.17) is 4.74 Å². The van der Waals surface area contributed by atoms with Gasteiger partial charge in [-0.25, -0.2) is 4.79 Å². The van der Waals surface area contributed by atoms with Gasteiger partial charge in [-0.05, 0) is 54.7 Å². The highest BCUT2D eigenvalue weighted by molar-refractivity contribution is 5.97. The molecule has 0 spiro atoms. The minimum atomic E-state index is -0.929. The van der Waals surface area contributed by atoms with Crippen LogP contribution in [0.2, 0.25) is 0 Å². The molecule has 0 saturated carbocycles. The Morgan fingerprint density at radius 1 is 0.935 bits per heavy atom. The molecule has 2 aromatic carbocycles. The second kappa shape index (κ2) is 11.5. The summed E-state index contributed by atoms with van der Waals surface area (Å²) in [5.41, 5.74) is 2.58. The van der Waals surface area contributed by atoms with Gasteiger partial charge in [-0.2, -0.15) is 0 Å². The van der Waals surface area contributed by atoms with Crippen LogP contribution in [0.3, 0.4) is 0 Å². The van der Waals surface area contributed by atoms with Gasteiger partial charge < -0.3 is 14.7 Å². The number of ether oxygens (including phenoxy) is 1. The zero-order chi connectivity index (χ0) is 22.1. The van der Waals surface area contributed by atoms with Crippen molar-refractivity contribution in [1.29, 1.82) is 0 Å². The molecular formula is C26H33NO4. The Morgan fingerprint density at radius 3 is 2.19 bits per heavy atom. The van der Waals surface area contributed by atoms with Gasteiger partial charge in [-0.15, -0.1) is 0 Å². The van der Waals surface area contributed by atoms with Crippen LogP contribution < -0.4 is 4.74 Å². The summed E-state index contributed by atoms with van der Waals surface area (Å²) >= 11 is 0. The maximum atomic E-state index is 12.7. The van der Waals surface area contributed by atoms with E-state index in [1.807, 2.05) is 36.4 Å². The van der Waals surface area contributed by atoms with E-state index >= 15 is 0 Å². The third-order valence-corrected chi connectivity index (χ3v) is 5.88. The molecule has 1 aliphatic rings. The number of amides is 1. The van der Waals surface area contributed by atoms with E-state index in [0.717, 1.165) is 36.3 Å². The molecule has 1 heterocycles. The van der Waals surface area contributed by atoms with E-state index in [0.29, 0.717) is 18.5 Å². The molecular weight excluding hydrogens is 390 g/mol. The Kier molecular flexibility index (Phi) is 8.51. The van der Waals surface area contributed by atoms with Crippen LogP contribution in [0.15, 0.2) is 48.5 Å². The van der Waals surface area contributed by atoms with Gasteiger partial charge >= 0.3 is 5.97 Å². The van der Waals surface area contributed by atoms with Gasteiger partial charge in [-0.3, -0.25) is 4.79 Å². The molecule has 0 bridgehead atoms. The predicted molar refractivity (Wildman–Crippen MR) is 122 cm³/mol. The summed E-state index contributed by atoms with van der Waals surface area (Å²) < 4.78 is 5.84. The van der Waals surface area contributed by atoms with Crippen molar-refractivity contribution >= 4 is 11.9 Å². The first-order chi connectivity index (χ1) is 15.1. The Hall–Kier alpha value is -2.82. The first-order valence-corrected chi connectivity index (χ1v) is 11.5. The fourth-order valence-corrected chi connectivity index (χ4v) is 4.05. The van der Waals surface area contributed by atoms with Crippen LogP contribution in [0.25, 0.3) is 11.1 Å². The molecule has 2 aromatic rings. The maximum Gasteiger partial charge on any atom is 0.326 e. The Balaban J connectivity index is 1.51. The van der Waals surface area contributed by atoms with E-state index in [9.17, 15) is 14.7 Å². The predicted octanol–water partition coefficient (Wildman–Crippen LogP) is 5.78. The van der Waals surface area contributed by atoms with Crippen LogP contribution in [0, 0.1) is 0 Å². The van der Waals surface area contributed by atoms with Crippen molar-refractivity contribution in [2.45, 2.75) is 64.3 Å². The lowest BCUT2D eigenvalue weighted by Crippen LogP contribution is -2.40. The van der Waals surface area contributed by atoms with E-state index in [-0.39, 0.29) is 5.91 Å². The number of hydrogen-bond donors (Lipinski definition) is 1. The average molecular weight is 424 g/mol. The summed E-state index contributed by atoms with van der Waals surface area (Å²) in [6.07, 6.45) is 8.73. The second-order valence-electron chi connectivity index (χ2n) is 8.21. The number of carboxylic acid groups (broad SMARTS) is 1. The monoisotopic (exact) mass is 423 g/mol. The lowest BCUT2D eigenvalue weighted by molar-refractivity contribution is -0.141. The van der Waals surface area contributed by atoms with Crippen LogP contribution in [0.1, 0.15) is 68.6 Å². The molecule has 31 heavy (non-hydrogen) atoms. The largest absolute Gasteiger partial charge is 0.494 e. The number of carbonyl (C=O) groups is 2. The first-order valence-electron chi connectivity index (χ1n) is 11.5. The van der Waals surface area contributed by atoms with E-state index < -0.39 is 12.0 Å². The number of aliphatic carboxylic acids is 1. The molecule has 0 radical (unpaired) electrons. The number of carboxylic acids is 1. The lowest BCUT2D eigenvalue weighted by atomic mass is 10.0. The van der Waals surface area contributed by atoms with Crippen molar-refractivity contribution in [3.63, 3.8) is 0 Å². The van der Waals surface area contributed by atoms with Crippen molar-refractivity contribution in [3.8, 4) is 16.9 Å². The number of nitrogens with zero attached hydrogens (tertiary/aromatic N) is 1. The standard InChI is InChI=1S/C26H33NO4/c1-2-3-4-5-6-7-19-31-23-16-14-21(15-17-23)20-10-12-22(13-11-20)25(28)27-18-8-9-24(27)26(29)30/h10-17,24H,2-9,18-19H2,1H3,(H,29,30). The fourth-order valence-electron chi connectivity index (χ4n) is 4.05. The van der Waals surface area contributed by atoms with Gasteiger partial charge in [-0.1, -0.05) is 63.3 Å². The molecule has 1 fully saturated rings. The van der Waals surface area contributed by atoms with Gasteiger partial charge in [0, 0.05) is 12.1 Å². The molecule has 1 saturated heterocycles. The lowest BCUT2D eigenvalue weighted by Gasteiger charge is -2.21. The van der Waals surface area contributed by atoms with Crippen LogP contribution in [0.4, 0.5) is 0 Å². The minimum absolute atomic E-state index is 0.213. The molecule has 5 nitrogen and oxygen atoms in total. The van der Waals surface area contributed by atoms with E-state index in [1.54, 1.807) is 12.1 Å². The van der Waals surface area contributed by atoms with Crippen molar-refractivity contribution in [2.24, 2.45) is 0 Å². The van der Waals surface area contributed by atoms with Crippen LogP contribution >= 0.6 is 0 Å². The molecule has 1 amide bonds. The van der Waals surface area contributed by atoms with Crippen molar-refractivity contribution < 1.29 is 19.4 Å². The third kappa shape index (κ3) is 6.33. The van der Waals surface area contributed by atoms with E-state index in [1.165, 1.54) is 37.0 Å². The summed E-state index contributed by atoms with van der Waals surface area (Å²) in [5, 5.41) is 9.30. The number of rotatable bonds is 11. The molecule has 1 atom stereocenters. The summed E-state index contributed by atoms with van der Waals surface area (Å²) in [6.45, 7) is 3.47. The van der Waals surface area contributed by atoms with Crippen molar-refractivity contribution in [2.75, 3.05) is 13.2 Å². The van der Waals surface area contributed by atoms with Crippen LogP contribution in [-0.2, 0) is 4.79 Å². The smallest absolute Gasteiger partial charge is 0.326 e. The Morgan fingerprint density at radius 2 is 1.55 bits per heavy atom. The Labute approximate surface area is 185 Å². The number of benzene rings is 2. The topological polar surface area (TPSA) is 66.8 Å². The normalized spacial score (nSPS) is 15.8. The molecule has 5 heteroatoms. The van der Waals surface area contributed by atoms with Gasteiger partial charge in [0.25, 0.3) is 5.91 Å². The van der Waals surface area contributed by atoms with Crippen molar-refractivity contribution in [1.82, 2.24) is 4.90 Å². The highest BCUT2D eigenvalue weighted by atomic mass is 16.5. The molecule has 0 aromatic heterocycles. The van der Waals surface area contributed by atoms with Gasteiger partial charge in [0.15, 0.2) is 0 Å². The SMILES string of the molecule is CCCCCCCCOc1ccc(-c2ccc(C(=O)N3CCCC3C(=O)O)cc2)cc1. The quantitative estimate of drug-likeness (QED) is 0.465. The zero-order valence-corrected chi connectivity index (χ0v) is 18.4. The molecule has 166 valence electrons. The molecule has 1 N–H and O–H groups in total. The van der Waals surface area contributed by atoms with Gasteiger partial charge in [0.05, 0.1) is 6.61 Å². The maximum absolute atomic E-state index is 12.7. The average Bonchev–Trinajstić information content (AvgIpc) is 3.29. The Bertz CT molecular complexity index is 845. The third-order valence-electron chi connectivity index (χ3n) is 5.88. The number of hydrogen-bond acceptors (Lipinski definition) is 3. The summed E-state index contributed by atoms with van der Waals surface area (Å²) in [7, 11) is 0. The molecule has 1 unspecified atom stereocenters. The highest BCUT2D eigenvalue weighted by Gasteiger charge is 2.34. The summed E-state index contributed by atoms with van der Waals surface area (Å²) in [4.78, 5) is 25.5. The first kappa shape index (κ1) is 22.9. The van der Waals surface area contributed by atoms with Crippen molar-refractivity contribution in [3.05, 3.63) is 54.1 Å². The van der Waals surface area contributed by atoms with Gasteiger partial charge in [0.2, 0.25) is 0 Å². The zero-order valence-electron chi connectivity index (χ0n) is 18.4. The second-order valence-corrected chi connectivity index (χ2v) is 8.21. The fraction of sp³-hybridized carbons (Fsp3) is 0.462. The number of carbonyl (C=O) groups excluding carboxylic acids is 1. The van der Waals surface area contributed by atoms with E-state index in [2.05, 4.69) is 6.92 Å². The molecule has 1 aliphatic heterocycles. The van der Waals surface area contributed by atoms with Crippen LogP contribution in [-0.4, -0.2) is 41.1 Å². The summed E-state index contributed by atoms with van der Waals surface area (Å²) in [6, 6.07) is 14.7. The number of unbranched alkanes of at least 4 members (excludes halogenated alkanes) is 5. The molecule has 3 rings (SSSR count). The van der Waals surface area contributed by atoms with Gasteiger partial charge in [0.1, 0.15) is 11.8 Å². The highest BCUT2D eigenvalue weighted by Crippen LogP contribution is 2.25. The summed E-state index contributed by atoms with van der Waals surface area (Å²) in [5.74, 6) is -0.269. The molecule has 0 aliphatic carbocycles.